The van der Waals surface area contributed by atoms with Gasteiger partial charge in [-0.2, -0.15) is 0 Å². The van der Waals surface area contributed by atoms with Crippen molar-refractivity contribution in [1.29, 1.82) is 0 Å². The molecule has 0 aliphatic heterocycles. The molecule has 0 fully saturated rings. The first-order valence-electron chi connectivity index (χ1n) is 6.21. The molecule has 1 amide bonds. The lowest BCUT2D eigenvalue weighted by Gasteiger charge is -2.05. The van der Waals surface area contributed by atoms with E-state index in [1.165, 1.54) is 6.26 Å². The van der Waals surface area contributed by atoms with Crippen LogP contribution in [0.4, 0.5) is 0 Å². The van der Waals surface area contributed by atoms with Crippen LogP contribution in [-0.2, 0) is 13.0 Å². The van der Waals surface area contributed by atoms with Gasteiger partial charge in [-0.25, -0.2) is 0 Å². The number of carbonyl (C=O) groups is 1. The van der Waals surface area contributed by atoms with Crippen molar-refractivity contribution in [3.63, 3.8) is 0 Å². The standard InChI is InChI=1S/C15H17NO3/c1-11-14(7-9-19-11)15(18)16-8-6-12-2-4-13(10-17)5-3-12/h2-5,7,9,17H,6,8,10H2,1H3,(H,16,18). The number of carbonyl (C=O) groups excluding carboxylic acids is 1. The minimum atomic E-state index is -0.113. The van der Waals surface area contributed by atoms with E-state index in [0.717, 1.165) is 17.5 Å². The Morgan fingerprint density at radius 1 is 1.21 bits per heavy atom. The fourth-order valence-corrected chi connectivity index (χ4v) is 1.85. The van der Waals surface area contributed by atoms with Crippen LogP contribution in [0.5, 0.6) is 0 Å². The molecule has 1 aromatic heterocycles. The number of furan rings is 1. The van der Waals surface area contributed by atoms with Crippen molar-refractivity contribution in [2.45, 2.75) is 20.0 Å². The Morgan fingerprint density at radius 3 is 2.47 bits per heavy atom. The number of hydrogen-bond donors (Lipinski definition) is 2. The molecule has 0 radical (unpaired) electrons. The quantitative estimate of drug-likeness (QED) is 0.864. The zero-order valence-corrected chi connectivity index (χ0v) is 10.8. The van der Waals surface area contributed by atoms with E-state index < -0.39 is 0 Å². The average molecular weight is 259 g/mol. The summed E-state index contributed by atoms with van der Waals surface area (Å²) in [7, 11) is 0. The Balaban J connectivity index is 1.83. The first kappa shape index (κ1) is 13.4. The summed E-state index contributed by atoms with van der Waals surface area (Å²) in [6, 6.07) is 9.36. The number of aryl methyl sites for hydroxylation is 1. The number of aliphatic hydroxyl groups excluding tert-OH is 1. The summed E-state index contributed by atoms with van der Waals surface area (Å²) in [5, 5.41) is 11.8. The minimum Gasteiger partial charge on any atom is -0.469 e. The summed E-state index contributed by atoms with van der Waals surface area (Å²) >= 11 is 0. The molecule has 1 heterocycles. The van der Waals surface area contributed by atoms with Crippen LogP contribution in [0, 0.1) is 6.92 Å². The Morgan fingerprint density at radius 2 is 1.89 bits per heavy atom. The highest BCUT2D eigenvalue weighted by molar-refractivity contribution is 5.94. The Labute approximate surface area is 112 Å². The second-order valence-corrected chi connectivity index (χ2v) is 4.37. The monoisotopic (exact) mass is 259 g/mol. The summed E-state index contributed by atoms with van der Waals surface area (Å²) in [6.45, 7) is 2.39. The van der Waals surface area contributed by atoms with Gasteiger partial charge in [0.2, 0.25) is 0 Å². The maximum Gasteiger partial charge on any atom is 0.254 e. The van der Waals surface area contributed by atoms with E-state index >= 15 is 0 Å². The smallest absolute Gasteiger partial charge is 0.254 e. The molecule has 2 rings (SSSR count). The van der Waals surface area contributed by atoms with Crippen molar-refractivity contribution in [3.8, 4) is 0 Å². The normalized spacial score (nSPS) is 10.4. The predicted molar refractivity (Wildman–Crippen MR) is 71.8 cm³/mol. The fraction of sp³-hybridized carbons (Fsp3) is 0.267. The zero-order chi connectivity index (χ0) is 13.7. The Kier molecular flexibility index (Phi) is 4.36. The van der Waals surface area contributed by atoms with Crippen molar-refractivity contribution >= 4 is 5.91 Å². The molecular formula is C15H17NO3. The van der Waals surface area contributed by atoms with Gasteiger partial charge in [0, 0.05) is 6.54 Å². The molecule has 0 saturated carbocycles. The molecule has 0 saturated heterocycles. The van der Waals surface area contributed by atoms with E-state index in [1.54, 1.807) is 13.0 Å². The predicted octanol–water partition coefficient (Wildman–Crippen LogP) is 2.05. The van der Waals surface area contributed by atoms with E-state index in [-0.39, 0.29) is 12.5 Å². The van der Waals surface area contributed by atoms with E-state index in [1.807, 2.05) is 24.3 Å². The SMILES string of the molecule is Cc1occc1C(=O)NCCc1ccc(CO)cc1. The maximum absolute atomic E-state index is 11.8. The van der Waals surface area contributed by atoms with Crippen molar-refractivity contribution in [3.05, 3.63) is 59.0 Å². The van der Waals surface area contributed by atoms with Gasteiger partial charge in [0.1, 0.15) is 5.76 Å². The lowest BCUT2D eigenvalue weighted by atomic mass is 10.1. The molecule has 0 spiro atoms. The van der Waals surface area contributed by atoms with Crippen LogP contribution < -0.4 is 5.32 Å². The maximum atomic E-state index is 11.8. The second-order valence-electron chi connectivity index (χ2n) is 4.37. The summed E-state index contributed by atoms with van der Waals surface area (Å²) in [5.74, 6) is 0.517. The van der Waals surface area contributed by atoms with Crippen LogP contribution in [0.15, 0.2) is 41.0 Å². The van der Waals surface area contributed by atoms with Gasteiger partial charge < -0.3 is 14.8 Å². The molecule has 4 heteroatoms. The molecule has 19 heavy (non-hydrogen) atoms. The Bertz CT molecular complexity index is 543. The molecule has 2 N–H and O–H groups in total. The lowest BCUT2D eigenvalue weighted by molar-refractivity contribution is 0.0952. The molecule has 4 nitrogen and oxygen atoms in total. The number of benzene rings is 1. The third kappa shape index (κ3) is 3.45. The highest BCUT2D eigenvalue weighted by atomic mass is 16.3. The molecule has 0 atom stereocenters. The second kappa shape index (κ2) is 6.20. The third-order valence-electron chi connectivity index (χ3n) is 3.01. The van der Waals surface area contributed by atoms with E-state index in [2.05, 4.69) is 5.32 Å². The van der Waals surface area contributed by atoms with Crippen LogP contribution in [-0.4, -0.2) is 17.6 Å². The van der Waals surface area contributed by atoms with Crippen LogP contribution in [0.1, 0.15) is 27.2 Å². The molecular weight excluding hydrogens is 242 g/mol. The highest BCUT2D eigenvalue weighted by Crippen LogP contribution is 2.08. The third-order valence-corrected chi connectivity index (χ3v) is 3.01. The van der Waals surface area contributed by atoms with Crippen molar-refractivity contribution in [1.82, 2.24) is 5.32 Å². The van der Waals surface area contributed by atoms with Crippen LogP contribution in [0.3, 0.4) is 0 Å². The first-order valence-corrected chi connectivity index (χ1v) is 6.21. The highest BCUT2D eigenvalue weighted by Gasteiger charge is 2.10. The largest absolute Gasteiger partial charge is 0.469 e. The summed E-state index contributed by atoms with van der Waals surface area (Å²) in [5.41, 5.74) is 2.60. The molecule has 0 bridgehead atoms. The van der Waals surface area contributed by atoms with Gasteiger partial charge >= 0.3 is 0 Å². The topological polar surface area (TPSA) is 62.5 Å². The number of nitrogens with one attached hydrogen (secondary N) is 1. The molecule has 2 aromatic rings. The molecule has 0 unspecified atom stereocenters. The van der Waals surface area contributed by atoms with Gasteiger partial charge in [-0.3, -0.25) is 4.79 Å². The minimum absolute atomic E-state index is 0.0524. The van der Waals surface area contributed by atoms with Crippen molar-refractivity contribution in [2.75, 3.05) is 6.54 Å². The van der Waals surface area contributed by atoms with Crippen LogP contribution in [0.2, 0.25) is 0 Å². The number of aliphatic hydroxyl groups is 1. The van der Waals surface area contributed by atoms with E-state index in [4.69, 9.17) is 9.52 Å². The molecule has 100 valence electrons. The van der Waals surface area contributed by atoms with Gasteiger partial charge in [0.15, 0.2) is 0 Å². The first-order chi connectivity index (χ1) is 9.20. The van der Waals surface area contributed by atoms with E-state index in [0.29, 0.717) is 17.9 Å². The zero-order valence-electron chi connectivity index (χ0n) is 10.8. The lowest BCUT2D eigenvalue weighted by Crippen LogP contribution is -2.25. The fourth-order valence-electron chi connectivity index (χ4n) is 1.85. The van der Waals surface area contributed by atoms with Gasteiger partial charge in [-0.1, -0.05) is 24.3 Å². The average Bonchev–Trinajstić information content (AvgIpc) is 2.86. The van der Waals surface area contributed by atoms with Gasteiger partial charge in [-0.15, -0.1) is 0 Å². The summed E-state index contributed by atoms with van der Waals surface area (Å²) in [4.78, 5) is 11.8. The van der Waals surface area contributed by atoms with Gasteiger partial charge in [0.05, 0.1) is 18.4 Å². The summed E-state index contributed by atoms with van der Waals surface area (Å²) in [6.07, 6.45) is 2.27. The Hall–Kier alpha value is -2.07. The number of hydrogen-bond acceptors (Lipinski definition) is 3. The van der Waals surface area contributed by atoms with Crippen molar-refractivity contribution in [2.24, 2.45) is 0 Å². The summed E-state index contributed by atoms with van der Waals surface area (Å²) < 4.78 is 5.09. The van der Waals surface area contributed by atoms with Crippen LogP contribution in [0.25, 0.3) is 0 Å². The van der Waals surface area contributed by atoms with E-state index in [9.17, 15) is 4.79 Å². The molecule has 1 aromatic carbocycles. The van der Waals surface area contributed by atoms with Crippen molar-refractivity contribution < 1.29 is 14.3 Å². The van der Waals surface area contributed by atoms with Gasteiger partial charge in [0.25, 0.3) is 5.91 Å². The molecule has 0 aliphatic carbocycles. The number of rotatable bonds is 5. The number of amides is 1. The van der Waals surface area contributed by atoms with Crippen LogP contribution >= 0.6 is 0 Å². The van der Waals surface area contributed by atoms with Gasteiger partial charge in [-0.05, 0) is 30.5 Å². The molecule has 0 aliphatic rings.